The number of rotatable bonds is 7. The number of sulfonamides is 1. The van der Waals surface area contributed by atoms with E-state index in [1.165, 1.54) is 12.1 Å². The SMILES string of the molecule is O=S(=O)(Cc1cccc(C(F)(F)F)c1)NCC(c1cccc(Cl)c1)N1CCOCC1. The molecule has 10 heteroatoms. The topological polar surface area (TPSA) is 58.6 Å². The number of morpholine rings is 1. The van der Waals surface area contributed by atoms with E-state index in [0.717, 1.165) is 17.7 Å². The van der Waals surface area contributed by atoms with Crippen molar-refractivity contribution in [2.75, 3.05) is 32.8 Å². The van der Waals surface area contributed by atoms with Crippen LogP contribution in [0.5, 0.6) is 0 Å². The monoisotopic (exact) mass is 462 g/mol. The molecule has 1 heterocycles. The van der Waals surface area contributed by atoms with Gasteiger partial charge in [0, 0.05) is 30.7 Å². The number of benzene rings is 2. The molecule has 1 fully saturated rings. The Labute approximate surface area is 178 Å². The Morgan fingerprint density at radius 3 is 2.47 bits per heavy atom. The summed E-state index contributed by atoms with van der Waals surface area (Å²) in [7, 11) is -3.86. The van der Waals surface area contributed by atoms with Gasteiger partial charge in [0.1, 0.15) is 0 Å². The summed E-state index contributed by atoms with van der Waals surface area (Å²) in [6.45, 7) is 2.41. The van der Waals surface area contributed by atoms with Crippen LogP contribution in [0.2, 0.25) is 5.02 Å². The molecule has 0 aliphatic carbocycles. The van der Waals surface area contributed by atoms with Crippen LogP contribution in [0.1, 0.15) is 22.7 Å². The Kier molecular flexibility index (Phi) is 7.41. The third kappa shape index (κ3) is 6.42. The fourth-order valence-corrected chi connectivity index (χ4v) is 4.71. The van der Waals surface area contributed by atoms with Crippen LogP contribution in [0.25, 0.3) is 0 Å². The molecule has 30 heavy (non-hydrogen) atoms. The standard InChI is InChI=1S/C20H22ClF3N2O3S/c21-18-6-2-4-16(12-18)19(26-7-9-29-10-8-26)13-25-30(27,28)14-15-3-1-5-17(11-15)20(22,23)24/h1-6,11-12,19,25H,7-10,13-14H2. The van der Waals surface area contributed by atoms with Crippen molar-refractivity contribution >= 4 is 21.6 Å². The normalized spacial score (nSPS) is 17.1. The first-order valence-electron chi connectivity index (χ1n) is 9.35. The average molecular weight is 463 g/mol. The maximum atomic E-state index is 12.9. The summed E-state index contributed by atoms with van der Waals surface area (Å²) in [6.07, 6.45) is -4.53. The van der Waals surface area contributed by atoms with Crippen molar-refractivity contribution in [2.24, 2.45) is 0 Å². The minimum Gasteiger partial charge on any atom is -0.379 e. The average Bonchev–Trinajstić information content (AvgIpc) is 2.68. The van der Waals surface area contributed by atoms with Crippen LogP contribution in [0.3, 0.4) is 0 Å². The lowest BCUT2D eigenvalue weighted by molar-refractivity contribution is -0.137. The van der Waals surface area contributed by atoms with Gasteiger partial charge in [0.15, 0.2) is 0 Å². The molecule has 0 radical (unpaired) electrons. The molecule has 1 saturated heterocycles. The fraction of sp³-hybridized carbons (Fsp3) is 0.400. The minimum absolute atomic E-state index is 0.0711. The Bertz CT molecular complexity index is 964. The molecule has 0 amide bonds. The Balaban J connectivity index is 1.74. The first-order chi connectivity index (χ1) is 14.1. The van der Waals surface area contributed by atoms with Gasteiger partial charge in [-0.1, -0.05) is 41.9 Å². The molecule has 0 spiro atoms. The van der Waals surface area contributed by atoms with Crippen molar-refractivity contribution in [3.63, 3.8) is 0 Å². The molecule has 0 saturated carbocycles. The second kappa shape index (κ2) is 9.65. The first-order valence-corrected chi connectivity index (χ1v) is 11.4. The minimum atomic E-state index is -4.53. The molecular formula is C20H22ClF3N2O3S. The predicted octanol–water partition coefficient (Wildman–Crippen LogP) is 3.85. The number of nitrogens with zero attached hydrogens (tertiary/aromatic N) is 1. The highest BCUT2D eigenvalue weighted by molar-refractivity contribution is 7.88. The van der Waals surface area contributed by atoms with Gasteiger partial charge >= 0.3 is 6.18 Å². The maximum Gasteiger partial charge on any atom is 0.416 e. The van der Waals surface area contributed by atoms with E-state index in [0.29, 0.717) is 31.3 Å². The van der Waals surface area contributed by atoms with Crippen LogP contribution >= 0.6 is 11.6 Å². The van der Waals surface area contributed by atoms with Gasteiger partial charge in [0.2, 0.25) is 10.0 Å². The van der Waals surface area contributed by atoms with Crippen LogP contribution < -0.4 is 4.72 Å². The van der Waals surface area contributed by atoms with Gasteiger partial charge in [-0.25, -0.2) is 13.1 Å². The van der Waals surface area contributed by atoms with E-state index in [2.05, 4.69) is 9.62 Å². The summed E-state index contributed by atoms with van der Waals surface area (Å²) < 4.78 is 71.8. The van der Waals surface area contributed by atoms with Gasteiger partial charge in [-0.3, -0.25) is 4.90 Å². The molecule has 1 aliphatic rings. The summed E-state index contributed by atoms with van der Waals surface area (Å²) in [5, 5.41) is 0.539. The fourth-order valence-electron chi connectivity index (χ4n) is 3.37. The van der Waals surface area contributed by atoms with E-state index in [4.69, 9.17) is 16.3 Å². The molecular weight excluding hydrogens is 441 g/mol. The molecule has 164 valence electrons. The smallest absolute Gasteiger partial charge is 0.379 e. The van der Waals surface area contributed by atoms with Gasteiger partial charge in [-0.05, 0) is 29.3 Å². The van der Waals surface area contributed by atoms with Crippen LogP contribution in [-0.4, -0.2) is 46.2 Å². The quantitative estimate of drug-likeness (QED) is 0.679. The molecule has 0 aromatic heterocycles. The second-order valence-corrected chi connectivity index (χ2v) is 9.27. The number of hydrogen-bond acceptors (Lipinski definition) is 4. The number of hydrogen-bond donors (Lipinski definition) is 1. The molecule has 5 nitrogen and oxygen atoms in total. The Morgan fingerprint density at radius 1 is 1.10 bits per heavy atom. The zero-order valence-corrected chi connectivity index (χ0v) is 17.6. The van der Waals surface area contributed by atoms with Crippen molar-refractivity contribution in [2.45, 2.75) is 18.0 Å². The highest BCUT2D eigenvalue weighted by atomic mass is 35.5. The largest absolute Gasteiger partial charge is 0.416 e. The van der Waals surface area contributed by atoms with Crippen LogP contribution in [0.4, 0.5) is 13.2 Å². The van der Waals surface area contributed by atoms with Crippen LogP contribution in [0, 0.1) is 0 Å². The van der Waals surface area contributed by atoms with Gasteiger partial charge in [-0.2, -0.15) is 13.2 Å². The van der Waals surface area contributed by atoms with Crippen LogP contribution in [-0.2, 0) is 26.7 Å². The number of alkyl halides is 3. The van der Waals surface area contributed by atoms with Crippen molar-refractivity contribution in [3.05, 3.63) is 70.2 Å². The van der Waals surface area contributed by atoms with E-state index in [1.54, 1.807) is 18.2 Å². The highest BCUT2D eigenvalue weighted by Crippen LogP contribution is 2.30. The van der Waals surface area contributed by atoms with Crippen LogP contribution in [0.15, 0.2) is 48.5 Å². The highest BCUT2D eigenvalue weighted by Gasteiger charge is 2.31. The molecule has 2 aromatic rings. The molecule has 3 rings (SSSR count). The summed E-state index contributed by atoms with van der Waals surface area (Å²) in [5.41, 5.74) is 0.0505. The third-order valence-corrected chi connectivity index (χ3v) is 6.38. The number of nitrogens with one attached hydrogen (secondary N) is 1. The molecule has 1 atom stereocenters. The van der Waals surface area contributed by atoms with Crippen molar-refractivity contribution in [1.29, 1.82) is 0 Å². The van der Waals surface area contributed by atoms with E-state index in [9.17, 15) is 21.6 Å². The van der Waals surface area contributed by atoms with Crippen molar-refractivity contribution in [3.8, 4) is 0 Å². The van der Waals surface area contributed by atoms with Gasteiger partial charge in [0.25, 0.3) is 0 Å². The summed E-state index contributed by atoms with van der Waals surface area (Å²) in [4.78, 5) is 2.10. The lowest BCUT2D eigenvalue weighted by atomic mass is 10.1. The van der Waals surface area contributed by atoms with E-state index in [1.807, 2.05) is 6.07 Å². The molecule has 1 aliphatic heterocycles. The van der Waals surface area contributed by atoms with Gasteiger partial charge in [0.05, 0.1) is 24.5 Å². The van der Waals surface area contributed by atoms with Crippen molar-refractivity contribution < 1.29 is 26.3 Å². The molecule has 0 bridgehead atoms. The first kappa shape index (κ1) is 23.0. The summed E-state index contributed by atoms with van der Waals surface area (Å²) in [6, 6.07) is 11.2. The Morgan fingerprint density at radius 2 is 1.80 bits per heavy atom. The van der Waals surface area contributed by atoms with E-state index < -0.39 is 27.5 Å². The Hall–Kier alpha value is -1.65. The van der Waals surface area contributed by atoms with E-state index in [-0.39, 0.29) is 18.2 Å². The lowest BCUT2D eigenvalue weighted by Gasteiger charge is -2.35. The second-order valence-electron chi connectivity index (χ2n) is 7.02. The zero-order chi connectivity index (χ0) is 21.8. The van der Waals surface area contributed by atoms with Crippen molar-refractivity contribution in [1.82, 2.24) is 9.62 Å². The molecule has 2 aromatic carbocycles. The summed E-state index contributed by atoms with van der Waals surface area (Å²) >= 11 is 6.10. The predicted molar refractivity (Wildman–Crippen MR) is 109 cm³/mol. The van der Waals surface area contributed by atoms with Gasteiger partial charge < -0.3 is 4.74 Å². The maximum absolute atomic E-state index is 12.9. The molecule has 1 N–H and O–H groups in total. The van der Waals surface area contributed by atoms with E-state index >= 15 is 0 Å². The lowest BCUT2D eigenvalue weighted by Crippen LogP contribution is -2.44. The number of ether oxygens (including phenoxy) is 1. The third-order valence-electron chi connectivity index (χ3n) is 4.83. The summed E-state index contributed by atoms with van der Waals surface area (Å²) in [5.74, 6) is -0.539. The molecule has 1 unspecified atom stereocenters. The number of halogens is 4. The van der Waals surface area contributed by atoms with Gasteiger partial charge in [-0.15, -0.1) is 0 Å². The zero-order valence-electron chi connectivity index (χ0n) is 16.0.